The van der Waals surface area contributed by atoms with Crippen LogP contribution in [0.4, 0.5) is 0 Å². The lowest BCUT2D eigenvalue weighted by atomic mass is 10.0. The minimum Gasteiger partial charge on any atom is -0.389 e. The smallest absolute Gasteiger partial charge is 0.106 e. The van der Waals surface area contributed by atoms with Crippen LogP contribution in [0.15, 0.2) is 11.6 Å². The molecule has 2 N–H and O–H groups in total. The first-order valence-corrected chi connectivity index (χ1v) is 5.98. The Kier molecular flexibility index (Phi) is 3.15. The zero-order valence-corrected chi connectivity index (χ0v) is 9.02. The predicted octanol–water partition coefficient (Wildman–Crippen LogP) is 1.54. The second-order valence-corrected chi connectivity index (χ2v) is 4.94. The fourth-order valence-electron chi connectivity index (χ4n) is 1.95. The van der Waals surface area contributed by atoms with Crippen molar-refractivity contribution < 1.29 is 5.11 Å². The molecule has 1 saturated carbocycles. The molecule has 1 aromatic heterocycles. The fourth-order valence-corrected chi connectivity index (χ4v) is 2.54. The van der Waals surface area contributed by atoms with Crippen LogP contribution in [0, 0.1) is 0 Å². The standard InChI is InChI=1S/C10H16N2OS/c13-10(3-1-2-4-10)8-11-7-9-12-5-6-14-9/h5-6,11,13H,1-4,7-8H2. The maximum atomic E-state index is 10.0. The van der Waals surface area contributed by atoms with Gasteiger partial charge in [0.15, 0.2) is 0 Å². The van der Waals surface area contributed by atoms with Crippen molar-refractivity contribution in [3.05, 3.63) is 16.6 Å². The summed E-state index contributed by atoms with van der Waals surface area (Å²) in [5, 5.41) is 16.4. The van der Waals surface area contributed by atoms with E-state index in [1.54, 1.807) is 11.3 Å². The van der Waals surface area contributed by atoms with E-state index in [0.29, 0.717) is 6.54 Å². The van der Waals surface area contributed by atoms with Crippen LogP contribution in [0.1, 0.15) is 30.7 Å². The average molecular weight is 212 g/mol. The van der Waals surface area contributed by atoms with Crippen molar-refractivity contribution in [3.8, 4) is 0 Å². The highest BCUT2D eigenvalue weighted by Crippen LogP contribution is 2.28. The maximum absolute atomic E-state index is 10.0. The Morgan fingerprint density at radius 2 is 2.29 bits per heavy atom. The lowest BCUT2D eigenvalue weighted by Gasteiger charge is -2.21. The molecule has 0 aromatic carbocycles. The normalized spacial score (nSPS) is 20.1. The van der Waals surface area contributed by atoms with Crippen LogP contribution in [0.25, 0.3) is 0 Å². The minimum absolute atomic E-state index is 0.447. The van der Waals surface area contributed by atoms with Crippen LogP contribution < -0.4 is 5.32 Å². The third-order valence-corrected chi connectivity index (χ3v) is 3.53. The summed E-state index contributed by atoms with van der Waals surface area (Å²) in [6.45, 7) is 1.48. The van der Waals surface area contributed by atoms with Gasteiger partial charge in [-0.2, -0.15) is 0 Å². The summed E-state index contributed by atoms with van der Waals surface area (Å²) >= 11 is 1.65. The van der Waals surface area contributed by atoms with Crippen LogP contribution in [-0.2, 0) is 6.54 Å². The van der Waals surface area contributed by atoms with Gasteiger partial charge in [0.1, 0.15) is 5.01 Å². The molecule has 0 radical (unpaired) electrons. The molecule has 0 saturated heterocycles. The highest BCUT2D eigenvalue weighted by atomic mass is 32.1. The minimum atomic E-state index is -0.447. The van der Waals surface area contributed by atoms with Crippen LogP contribution in [0.2, 0.25) is 0 Å². The van der Waals surface area contributed by atoms with Gasteiger partial charge in [0.05, 0.1) is 5.60 Å². The summed E-state index contributed by atoms with van der Waals surface area (Å²) in [5.74, 6) is 0. The maximum Gasteiger partial charge on any atom is 0.106 e. The molecule has 3 nitrogen and oxygen atoms in total. The average Bonchev–Trinajstić information content (AvgIpc) is 2.77. The number of hydrogen-bond donors (Lipinski definition) is 2. The van der Waals surface area contributed by atoms with Gasteiger partial charge in [-0.25, -0.2) is 4.98 Å². The van der Waals surface area contributed by atoms with E-state index in [0.717, 1.165) is 37.2 Å². The monoisotopic (exact) mass is 212 g/mol. The van der Waals surface area contributed by atoms with Crippen molar-refractivity contribution in [2.75, 3.05) is 6.54 Å². The largest absolute Gasteiger partial charge is 0.389 e. The lowest BCUT2D eigenvalue weighted by molar-refractivity contribution is 0.0475. The number of thiazole rings is 1. The number of nitrogens with zero attached hydrogens (tertiary/aromatic N) is 1. The van der Waals surface area contributed by atoms with Crippen molar-refractivity contribution in [2.45, 2.75) is 37.8 Å². The van der Waals surface area contributed by atoms with Gasteiger partial charge in [-0.15, -0.1) is 11.3 Å². The van der Waals surface area contributed by atoms with Gasteiger partial charge >= 0.3 is 0 Å². The molecule has 2 rings (SSSR count). The molecule has 1 aliphatic carbocycles. The molecule has 1 aromatic rings. The van der Waals surface area contributed by atoms with Gasteiger partial charge in [0.2, 0.25) is 0 Å². The van der Waals surface area contributed by atoms with Crippen LogP contribution in [0.5, 0.6) is 0 Å². The summed E-state index contributed by atoms with van der Waals surface area (Å²) in [7, 11) is 0. The first-order valence-electron chi connectivity index (χ1n) is 5.10. The van der Waals surface area contributed by atoms with Crippen molar-refractivity contribution in [1.82, 2.24) is 10.3 Å². The van der Waals surface area contributed by atoms with Crippen molar-refractivity contribution in [2.24, 2.45) is 0 Å². The molecule has 0 bridgehead atoms. The van der Waals surface area contributed by atoms with Gasteiger partial charge in [0.25, 0.3) is 0 Å². The van der Waals surface area contributed by atoms with Gasteiger partial charge in [0, 0.05) is 24.7 Å². The van der Waals surface area contributed by atoms with Crippen LogP contribution in [0.3, 0.4) is 0 Å². The van der Waals surface area contributed by atoms with E-state index in [2.05, 4.69) is 10.3 Å². The van der Waals surface area contributed by atoms with E-state index < -0.39 is 5.60 Å². The van der Waals surface area contributed by atoms with Gasteiger partial charge < -0.3 is 10.4 Å². The molecule has 1 aliphatic rings. The molecule has 0 atom stereocenters. The molecular formula is C10H16N2OS. The Morgan fingerprint density at radius 1 is 1.50 bits per heavy atom. The number of nitrogens with one attached hydrogen (secondary N) is 1. The van der Waals surface area contributed by atoms with E-state index in [1.807, 2.05) is 11.6 Å². The highest BCUT2D eigenvalue weighted by molar-refractivity contribution is 7.09. The molecule has 0 unspecified atom stereocenters. The first-order chi connectivity index (χ1) is 6.79. The Labute approximate surface area is 88.2 Å². The summed E-state index contributed by atoms with van der Waals surface area (Å²) in [5.41, 5.74) is -0.447. The Bertz CT molecular complexity index is 268. The summed E-state index contributed by atoms with van der Waals surface area (Å²) in [6, 6.07) is 0. The first kappa shape index (κ1) is 10.1. The molecule has 0 aliphatic heterocycles. The van der Waals surface area contributed by atoms with E-state index in [9.17, 15) is 5.11 Å². The Morgan fingerprint density at radius 3 is 2.93 bits per heavy atom. The quantitative estimate of drug-likeness (QED) is 0.795. The molecule has 1 fully saturated rings. The van der Waals surface area contributed by atoms with E-state index in [-0.39, 0.29) is 0 Å². The topological polar surface area (TPSA) is 45.1 Å². The molecule has 4 heteroatoms. The van der Waals surface area contributed by atoms with E-state index in [4.69, 9.17) is 0 Å². The van der Waals surface area contributed by atoms with Crippen LogP contribution in [-0.4, -0.2) is 22.2 Å². The van der Waals surface area contributed by atoms with Gasteiger partial charge in [-0.3, -0.25) is 0 Å². The van der Waals surface area contributed by atoms with Gasteiger partial charge in [-0.1, -0.05) is 12.8 Å². The third-order valence-electron chi connectivity index (χ3n) is 2.75. The van der Waals surface area contributed by atoms with E-state index in [1.165, 1.54) is 0 Å². The molecule has 0 amide bonds. The number of aliphatic hydroxyl groups is 1. The molecule has 78 valence electrons. The molecule has 14 heavy (non-hydrogen) atoms. The molecular weight excluding hydrogens is 196 g/mol. The molecule has 0 spiro atoms. The second kappa shape index (κ2) is 4.38. The number of hydrogen-bond acceptors (Lipinski definition) is 4. The zero-order valence-electron chi connectivity index (χ0n) is 8.20. The molecule has 1 heterocycles. The highest BCUT2D eigenvalue weighted by Gasteiger charge is 2.30. The van der Waals surface area contributed by atoms with Crippen molar-refractivity contribution in [1.29, 1.82) is 0 Å². The summed E-state index contributed by atoms with van der Waals surface area (Å²) in [6.07, 6.45) is 6.02. The predicted molar refractivity (Wildman–Crippen MR) is 57.2 cm³/mol. The summed E-state index contributed by atoms with van der Waals surface area (Å²) in [4.78, 5) is 4.18. The lowest BCUT2D eigenvalue weighted by Crippen LogP contribution is -2.37. The number of aromatic nitrogens is 1. The Balaban J connectivity index is 1.72. The Hall–Kier alpha value is -0.450. The fraction of sp³-hybridized carbons (Fsp3) is 0.700. The van der Waals surface area contributed by atoms with Crippen LogP contribution >= 0.6 is 11.3 Å². The third kappa shape index (κ3) is 2.53. The number of rotatable bonds is 4. The SMILES string of the molecule is OC1(CNCc2nccs2)CCCC1. The van der Waals surface area contributed by atoms with Crippen molar-refractivity contribution >= 4 is 11.3 Å². The van der Waals surface area contributed by atoms with E-state index >= 15 is 0 Å². The second-order valence-electron chi connectivity index (χ2n) is 3.96. The zero-order chi connectivity index (χ0) is 9.86. The summed E-state index contributed by atoms with van der Waals surface area (Å²) < 4.78 is 0. The van der Waals surface area contributed by atoms with Crippen molar-refractivity contribution in [3.63, 3.8) is 0 Å². The van der Waals surface area contributed by atoms with Gasteiger partial charge in [-0.05, 0) is 12.8 Å².